The average molecular weight is 591 g/mol. The van der Waals surface area contributed by atoms with Crippen LogP contribution in [0.15, 0.2) is 91.1 Å². The van der Waals surface area contributed by atoms with Crippen LogP contribution in [0.25, 0.3) is 11.1 Å². The molecule has 0 unspecified atom stereocenters. The molecule has 0 radical (unpaired) electrons. The molecule has 8 nitrogen and oxygen atoms in total. The summed E-state index contributed by atoms with van der Waals surface area (Å²) in [6.07, 6.45) is 0.144. The Morgan fingerprint density at radius 1 is 0.674 bits per heavy atom. The van der Waals surface area contributed by atoms with Gasteiger partial charge in [0.15, 0.2) is 11.5 Å². The first kappa shape index (κ1) is 32.1. The van der Waals surface area contributed by atoms with Crippen molar-refractivity contribution in [3.8, 4) is 28.4 Å². The van der Waals surface area contributed by atoms with E-state index in [0.717, 1.165) is 12.1 Å². The summed E-state index contributed by atoms with van der Waals surface area (Å²) in [6.45, 7) is 14.7. The molecule has 0 saturated carbocycles. The van der Waals surface area contributed by atoms with Crippen LogP contribution in [0.3, 0.4) is 0 Å². The minimum Gasteiger partial charge on any atom is -0.462 e. The summed E-state index contributed by atoms with van der Waals surface area (Å²) in [5.74, 6) is -4.94. The van der Waals surface area contributed by atoms with Crippen LogP contribution in [0.1, 0.15) is 36.7 Å². The number of benzene rings is 3. The number of hydrogen-bond donors (Lipinski definition) is 0. The molecule has 3 rings (SSSR count). The molecule has 0 saturated heterocycles. The van der Waals surface area contributed by atoms with E-state index in [1.54, 1.807) is 6.07 Å². The van der Waals surface area contributed by atoms with Crippen molar-refractivity contribution < 1.29 is 46.9 Å². The van der Waals surface area contributed by atoms with Crippen LogP contribution in [0, 0.1) is 11.6 Å². The summed E-state index contributed by atoms with van der Waals surface area (Å²) < 4.78 is 50.2. The number of ether oxygens (including phenoxy) is 4. The first-order chi connectivity index (χ1) is 20.3. The van der Waals surface area contributed by atoms with Crippen LogP contribution in [0.5, 0.6) is 17.2 Å². The standard InChI is InChI=1S/C33H28F2O8/c1-18(2)30(36)41-23-9-11-24(27(35)17-23)22-8-10-25(26(34)16-22)33(39)40-14-13-21-7-12-28(42-31(37)19(3)4)29(15-21)43-32(38)20(5)6/h7-12,15-17H,1,3,5,13-14H2,2,4,6H3. The average Bonchev–Trinajstić information content (AvgIpc) is 2.94. The fourth-order valence-corrected chi connectivity index (χ4v) is 3.42. The van der Waals surface area contributed by atoms with E-state index in [1.807, 2.05) is 0 Å². The molecule has 3 aromatic carbocycles. The summed E-state index contributed by atoms with van der Waals surface area (Å²) in [5.41, 5.74) is 0.752. The monoisotopic (exact) mass is 590 g/mol. The van der Waals surface area contributed by atoms with Crippen LogP contribution in [-0.4, -0.2) is 30.5 Å². The first-order valence-corrected chi connectivity index (χ1v) is 12.8. The van der Waals surface area contributed by atoms with Gasteiger partial charge in [-0.15, -0.1) is 0 Å². The molecule has 0 amide bonds. The van der Waals surface area contributed by atoms with Crippen molar-refractivity contribution >= 4 is 23.9 Å². The second-order valence-corrected chi connectivity index (χ2v) is 9.51. The maximum atomic E-state index is 14.8. The molecule has 0 fully saturated rings. The van der Waals surface area contributed by atoms with Gasteiger partial charge in [-0.2, -0.15) is 0 Å². The van der Waals surface area contributed by atoms with Gasteiger partial charge in [0.25, 0.3) is 0 Å². The molecule has 0 atom stereocenters. The van der Waals surface area contributed by atoms with E-state index in [1.165, 1.54) is 57.2 Å². The van der Waals surface area contributed by atoms with Gasteiger partial charge in [0.05, 0.1) is 12.2 Å². The van der Waals surface area contributed by atoms with Gasteiger partial charge < -0.3 is 18.9 Å². The van der Waals surface area contributed by atoms with Crippen LogP contribution in [0.4, 0.5) is 8.78 Å². The Morgan fingerprint density at radius 2 is 1.28 bits per heavy atom. The number of carbonyl (C=O) groups excluding carboxylic acids is 4. The van der Waals surface area contributed by atoms with Gasteiger partial charge in [0.2, 0.25) is 0 Å². The molecule has 0 N–H and O–H groups in total. The number of rotatable bonds is 11. The summed E-state index contributed by atoms with van der Waals surface area (Å²) >= 11 is 0. The second kappa shape index (κ2) is 14.0. The van der Waals surface area contributed by atoms with Crippen molar-refractivity contribution in [3.63, 3.8) is 0 Å². The Kier molecular flexibility index (Phi) is 10.5. The van der Waals surface area contributed by atoms with Crippen LogP contribution < -0.4 is 14.2 Å². The third kappa shape index (κ3) is 8.56. The number of halogens is 2. The van der Waals surface area contributed by atoms with Crippen molar-refractivity contribution in [1.82, 2.24) is 0 Å². The predicted octanol–water partition coefficient (Wildman–Crippen LogP) is 6.48. The highest BCUT2D eigenvalue weighted by Gasteiger charge is 2.18. The molecular weight excluding hydrogens is 562 g/mol. The quantitative estimate of drug-likeness (QED) is 0.142. The van der Waals surface area contributed by atoms with Crippen molar-refractivity contribution in [2.75, 3.05) is 6.61 Å². The zero-order chi connectivity index (χ0) is 31.8. The van der Waals surface area contributed by atoms with Gasteiger partial charge in [0.1, 0.15) is 17.4 Å². The van der Waals surface area contributed by atoms with Gasteiger partial charge in [-0.3, -0.25) is 0 Å². The highest BCUT2D eigenvalue weighted by Crippen LogP contribution is 2.31. The molecule has 3 aromatic rings. The third-order valence-corrected chi connectivity index (χ3v) is 5.73. The summed E-state index contributed by atoms with van der Waals surface area (Å²) in [5, 5.41) is 0. The molecular formula is C33H28F2O8. The normalized spacial score (nSPS) is 10.3. The summed E-state index contributed by atoms with van der Waals surface area (Å²) in [4.78, 5) is 48.2. The van der Waals surface area contributed by atoms with Crippen molar-refractivity contribution in [2.45, 2.75) is 27.2 Å². The predicted molar refractivity (Wildman–Crippen MR) is 154 cm³/mol. The molecule has 0 bridgehead atoms. The largest absolute Gasteiger partial charge is 0.462 e. The smallest absolute Gasteiger partial charge is 0.341 e. The van der Waals surface area contributed by atoms with Gasteiger partial charge >= 0.3 is 23.9 Å². The van der Waals surface area contributed by atoms with E-state index >= 15 is 0 Å². The second-order valence-electron chi connectivity index (χ2n) is 9.51. The van der Waals surface area contributed by atoms with Crippen LogP contribution >= 0.6 is 0 Å². The van der Waals surface area contributed by atoms with Crippen molar-refractivity contribution in [2.24, 2.45) is 0 Å². The molecule has 0 aliphatic carbocycles. The van der Waals surface area contributed by atoms with Crippen LogP contribution in [0.2, 0.25) is 0 Å². The Labute approximate surface area is 246 Å². The maximum Gasteiger partial charge on any atom is 0.341 e. The fourth-order valence-electron chi connectivity index (χ4n) is 3.42. The van der Waals surface area contributed by atoms with Gasteiger partial charge in [0, 0.05) is 34.8 Å². The minimum absolute atomic E-state index is 0.0227. The Hall–Kier alpha value is -5.38. The molecule has 0 spiro atoms. The van der Waals surface area contributed by atoms with Crippen molar-refractivity contribution in [1.29, 1.82) is 0 Å². The zero-order valence-electron chi connectivity index (χ0n) is 23.8. The third-order valence-electron chi connectivity index (χ3n) is 5.73. The van der Waals surface area contributed by atoms with E-state index in [4.69, 9.17) is 18.9 Å². The van der Waals surface area contributed by atoms with E-state index < -0.39 is 35.5 Å². The van der Waals surface area contributed by atoms with Gasteiger partial charge in [-0.25, -0.2) is 28.0 Å². The fraction of sp³-hybridized carbons (Fsp3) is 0.152. The SMILES string of the molecule is C=C(C)C(=O)Oc1ccc(-c2ccc(C(=O)OCCc3ccc(OC(=O)C(=C)C)c(OC(=O)C(=C)C)c3)c(F)c2)c(F)c1. The van der Waals surface area contributed by atoms with Crippen molar-refractivity contribution in [3.05, 3.63) is 114 Å². The highest BCUT2D eigenvalue weighted by molar-refractivity contribution is 5.92. The van der Waals surface area contributed by atoms with Gasteiger partial charge in [-0.1, -0.05) is 31.9 Å². The lowest BCUT2D eigenvalue weighted by molar-refractivity contribution is -0.132. The summed E-state index contributed by atoms with van der Waals surface area (Å²) in [7, 11) is 0. The first-order valence-electron chi connectivity index (χ1n) is 12.8. The topological polar surface area (TPSA) is 105 Å². The van der Waals surface area contributed by atoms with E-state index in [0.29, 0.717) is 5.56 Å². The van der Waals surface area contributed by atoms with E-state index in [9.17, 15) is 28.0 Å². The lowest BCUT2D eigenvalue weighted by Crippen LogP contribution is -2.13. The van der Waals surface area contributed by atoms with E-state index in [-0.39, 0.29) is 63.7 Å². The molecule has 0 aliphatic rings. The molecule has 0 aliphatic heterocycles. The molecule has 10 heteroatoms. The number of hydrogen-bond acceptors (Lipinski definition) is 8. The molecule has 0 heterocycles. The minimum atomic E-state index is -0.951. The Morgan fingerprint density at radius 3 is 1.86 bits per heavy atom. The number of esters is 4. The summed E-state index contributed by atoms with van der Waals surface area (Å²) in [6, 6.07) is 11.6. The highest BCUT2D eigenvalue weighted by atomic mass is 19.1. The Balaban J connectivity index is 1.69. The lowest BCUT2D eigenvalue weighted by atomic mass is 10.0. The van der Waals surface area contributed by atoms with E-state index in [2.05, 4.69) is 19.7 Å². The molecule has 43 heavy (non-hydrogen) atoms. The van der Waals surface area contributed by atoms with Gasteiger partial charge in [-0.05, 0) is 68.3 Å². The van der Waals surface area contributed by atoms with Crippen LogP contribution in [-0.2, 0) is 25.5 Å². The Bertz CT molecular complexity index is 1650. The maximum absolute atomic E-state index is 14.8. The molecule has 0 aromatic heterocycles. The number of carbonyl (C=O) groups is 4. The molecule has 222 valence electrons. The zero-order valence-corrected chi connectivity index (χ0v) is 23.8. The lowest BCUT2D eigenvalue weighted by Gasteiger charge is -2.13.